The minimum Gasteiger partial charge on any atom is -0.381 e. The third-order valence-electron chi connectivity index (χ3n) is 6.98. The molecule has 0 aromatic carbocycles. The molecule has 2 heterocycles. The minimum atomic E-state index is -3.19. The molecule has 2 rings (SSSR count). The van der Waals surface area contributed by atoms with Crippen molar-refractivity contribution >= 4 is 23.2 Å². The number of hydrogen-bond acceptors (Lipinski definition) is 6. The molecule has 0 radical (unpaired) electrons. The van der Waals surface area contributed by atoms with Crippen molar-refractivity contribution in [2.45, 2.75) is 89.4 Å². The molecule has 7 nitrogen and oxygen atoms in total. The van der Waals surface area contributed by atoms with Crippen molar-refractivity contribution in [2.24, 2.45) is 0 Å². The highest BCUT2D eigenvalue weighted by Crippen LogP contribution is 2.63. The van der Waals surface area contributed by atoms with Crippen LogP contribution >= 0.6 is 7.52 Å². The van der Waals surface area contributed by atoms with Crippen LogP contribution in [-0.4, -0.2) is 112 Å². The van der Waals surface area contributed by atoms with Gasteiger partial charge in [0.2, 0.25) is 0 Å². The van der Waals surface area contributed by atoms with Crippen LogP contribution in [0.2, 0.25) is 0 Å². The van der Waals surface area contributed by atoms with E-state index >= 15 is 0 Å². The van der Waals surface area contributed by atoms with Crippen LogP contribution in [0.25, 0.3) is 0 Å². The van der Waals surface area contributed by atoms with Gasteiger partial charge >= 0.3 is 0 Å². The Morgan fingerprint density at radius 3 is 1.97 bits per heavy atom. The van der Waals surface area contributed by atoms with Crippen LogP contribution in [0.1, 0.15) is 54.4 Å². The quantitative estimate of drug-likeness (QED) is 0.404. The smallest absolute Gasteiger partial charge is 0.291 e. The number of nitrogens with zero attached hydrogens (tertiary/aromatic N) is 3. The SMILES string of the molecule is BC1CN(C(C)(C)C)CC(COP(=O)(N(C)C)C(C)(CC)N2CC(B)OC(CC)C2)O1. The van der Waals surface area contributed by atoms with Gasteiger partial charge in [0.05, 0.1) is 18.8 Å². The van der Waals surface area contributed by atoms with Crippen LogP contribution in [0.4, 0.5) is 0 Å². The van der Waals surface area contributed by atoms with E-state index < -0.39 is 12.8 Å². The molecule has 2 aliphatic heterocycles. The Hall–Kier alpha value is 0.120. The standard InChI is InChI=1S/C21H46B2N3O4P/c1-9-16-11-26(14-19(23)29-16)21(6,10-2)31(27,24(7)8)28-15-17-12-25(20(3,4)5)13-18(22)30-17/h16-19H,9-15,22-23H2,1-8H3. The van der Waals surface area contributed by atoms with Crippen molar-refractivity contribution in [3.8, 4) is 0 Å². The lowest BCUT2D eigenvalue weighted by molar-refractivity contribution is -0.0937. The fourth-order valence-electron chi connectivity index (χ4n) is 4.82. The average molecular weight is 457 g/mol. The van der Waals surface area contributed by atoms with Gasteiger partial charge in [0.15, 0.2) is 0 Å². The first-order chi connectivity index (χ1) is 14.3. The number of hydrogen-bond donors (Lipinski definition) is 0. The summed E-state index contributed by atoms with van der Waals surface area (Å²) in [5.74, 6) is 0. The van der Waals surface area contributed by atoms with Gasteiger partial charge in [0, 0.05) is 43.7 Å². The van der Waals surface area contributed by atoms with Gasteiger partial charge in [-0.2, -0.15) is 0 Å². The molecule has 0 bridgehead atoms. The molecular formula is C21H46B2N3O4P. The summed E-state index contributed by atoms with van der Waals surface area (Å²) in [7, 11) is 4.77. The van der Waals surface area contributed by atoms with E-state index in [9.17, 15) is 4.57 Å². The third-order valence-corrected chi connectivity index (χ3v) is 10.3. The van der Waals surface area contributed by atoms with E-state index in [0.29, 0.717) is 6.61 Å². The highest BCUT2D eigenvalue weighted by atomic mass is 31.2. The van der Waals surface area contributed by atoms with Crippen molar-refractivity contribution in [1.29, 1.82) is 0 Å². The molecule has 0 saturated carbocycles. The molecule has 2 fully saturated rings. The highest BCUT2D eigenvalue weighted by molar-refractivity contribution is 7.58. The maximum absolute atomic E-state index is 14.5. The van der Waals surface area contributed by atoms with Crippen LogP contribution in [0, 0.1) is 0 Å². The third kappa shape index (κ3) is 6.17. The topological polar surface area (TPSA) is 54.5 Å². The molecule has 0 aliphatic carbocycles. The summed E-state index contributed by atoms with van der Waals surface area (Å²) >= 11 is 0. The van der Waals surface area contributed by atoms with E-state index in [1.54, 1.807) is 0 Å². The molecular weight excluding hydrogens is 411 g/mol. The molecule has 0 aromatic rings. The van der Waals surface area contributed by atoms with Crippen molar-refractivity contribution < 1.29 is 18.6 Å². The predicted molar refractivity (Wildman–Crippen MR) is 134 cm³/mol. The van der Waals surface area contributed by atoms with Crippen molar-refractivity contribution in [2.75, 3.05) is 46.9 Å². The number of morpholine rings is 2. The van der Waals surface area contributed by atoms with E-state index in [2.05, 4.69) is 67.0 Å². The van der Waals surface area contributed by atoms with E-state index in [1.165, 1.54) is 0 Å². The molecule has 180 valence electrons. The highest BCUT2D eigenvalue weighted by Gasteiger charge is 2.52. The van der Waals surface area contributed by atoms with Crippen LogP contribution < -0.4 is 0 Å². The second-order valence-electron chi connectivity index (χ2n) is 10.8. The fourth-order valence-corrected chi connectivity index (χ4v) is 7.48. The van der Waals surface area contributed by atoms with E-state index in [1.807, 2.05) is 18.8 Å². The van der Waals surface area contributed by atoms with E-state index in [4.69, 9.17) is 14.0 Å². The zero-order valence-electron chi connectivity index (χ0n) is 21.7. The molecule has 0 spiro atoms. The van der Waals surface area contributed by atoms with Crippen LogP contribution in [0.5, 0.6) is 0 Å². The molecule has 2 saturated heterocycles. The Morgan fingerprint density at radius 2 is 1.48 bits per heavy atom. The first-order valence-corrected chi connectivity index (χ1v) is 13.6. The van der Waals surface area contributed by atoms with Crippen molar-refractivity contribution in [1.82, 2.24) is 14.5 Å². The van der Waals surface area contributed by atoms with E-state index in [0.717, 1.165) is 39.0 Å². The summed E-state index contributed by atoms with van der Waals surface area (Å²) < 4.78 is 35.0. The van der Waals surface area contributed by atoms with Crippen molar-refractivity contribution in [3.63, 3.8) is 0 Å². The lowest BCUT2D eigenvalue weighted by Gasteiger charge is -2.51. The summed E-state index contributed by atoms with van der Waals surface area (Å²) in [6, 6.07) is 0.242. The molecule has 6 unspecified atom stereocenters. The normalized spacial score (nSPS) is 33.2. The van der Waals surface area contributed by atoms with Crippen LogP contribution in [0.3, 0.4) is 0 Å². The number of ether oxygens (including phenoxy) is 2. The van der Waals surface area contributed by atoms with Crippen LogP contribution in [0.15, 0.2) is 0 Å². The summed E-state index contributed by atoms with van der Waals surface area (Å²) in [6.07, 6.45) is 1.75. The molecule has 0 amide bonds. The Kier molecular flexibility index (Phi) is 9.34. The number of rotatable bonds is 8. The lowest BCUT2D eigenvalue weighted by Crippen LogP contribution is -2.58. The van der Waals surface area contributed by atoms with Crippen LogP contribution in [-0.2, 0) is 18.6 Å². The first-order valence-electron chi connectivity index (χ1n) is 12.0. The Labute approximate surface area is 192 Å². The Morgan fingerprint density at radius 1 is 0.968 bits per heavy atom. The molecule has 10 heteroatoms. The first kappa shape index (κ1) is 27.4. The fraction of sp³-hybridized carbons (Fsp3) is 1.00. The zero-order chi connectivity index (χ0) is 23.6. The molecule has 31 heavy (non-hydrogen) atoms. The predicted octanol–water partition coefficient (Wildman–Crippen LogP) is 1.41. The summed E-state index contributed by atoms with van der Waals surface area (Å²) in [5.41, 5.74) is 0.0680. The van der Waals surface area contributed by atoms with Gasteiger partial charge < -0.3 is 14.0 Å². The van der Waals surface area contributed by atoms with Gasteiger partial charge in [0.25, 0.3) is 7.52 Å². The average Bonchev–Trinajstić information content (AvgIpc) is 2.69. The zero-order valence-corrected chi connectivity index (χ0v) is 22.6. The van der Waals surface area contributed by atoms with Gasteiger partial charge in [0.1, 0.15) is 21.0 Å². The maximum Gasteiger partial charge on any atom is 0.291 e. The molecule has 0 aromatic heterocycles. The molecule has 0 N–H and O–H groups in total. The van der Waals surface area contributed by atoms with Gasteiger partial charge in [-0.05, 0) is 54.6 Å². The lowest BCUT2D eigenvalue weighted by atomic mass is 9.94. The monoisotopic (exact) mass is 457 g/mol. The van der Waals surface area contributed by atoms with Gasteiger partial charge in [-0.1, -0.05) is 13.8 Å². The summed E-state index contributed by atoms with van der Waals surface area (Å²) in [6.45, 7) is 16.6. The molecule has 2 aliphatic rings. The Balaban J connectivity index is 2.22. The largest absolute Gasteiger partial charge is 0.381 e. The second-order valence-corrected chi connectivity index (χ2v) is 13.8. The molecule has 6 atom stereocenters. The van der Waals surface area contributed by atoms with E-state index in [-0.39, 0.29) is 29.8 Å². The Bertz CT molecular complexity index is 636. The van der Waals surface area contributed by atoms with Gasteiger partial charge in [-0.3, -0.25) is 14.4 Å². The van der Waals surface area contributed by atoms with Crippen molar-refractivity contribution in [3.05, 3.63) is 0 Å². The van der Waals surface area contributed by atoms with Gasteiger partial charge in [-0.25, -0.2) is 4.67 Å². The second kappa shape index (κ2) is 10.6. The minimum absolute atomic E-state index is 0.0680. The maximum atomic E-state index is 14.5. The summed E-state index contributed by atoms with van der Waals surface area (Å²) in [5, 5.41) is -0.591. The summed E-state index contributed by atoms with van der Waals surface area (Å²) in [4.78, 5) is 4.78. The van der Waals surface area contributed by atoms with Gasteiger partial charge in [-0.15, -0.1) is 0 Å².